The Bertz CT molecular complexity index is 952. The Hall–Kier alpha value is -2.64. The lowest BCUT2D eigenvalue weighted by atomic mass is 10.1. The second kappa shape index (κ2) is 6.70. The van der Waals surface area contributed by atoms with Gasteiger partial charge in [-0.15, -0.1) is 0 Å². The molecule has 1 atom stereocenters. The molecule has 0 saturated heterocycles. The third-order valence-corrected chi connectivity index (χ3v) is 4.91. The van der Waals surface area contributed by atoms with Gasteiger partial charge in [-0.25, -0.2) is 13.6 Å². The van der Waals surface area contributed by atoms with Crippen LogP contribution in [0.15, 0.2) is 47.4 Å². The van der Waals surface area contributed by atoms with Gasteiger partial charge in [-0.3, -0.25) is 4.79 Å². The molecule has 130 valence electrons. The van der Waals surface area contributed by atoms with Gasteiger partial charge in [0, 0.05) is 12.5 Å². The lowest BCUT2D eigenvalue weighted by molar-refractivity contribution is -0.116. The largest absolute Gasteiger partial charge is 0.380 e. The minimum Gasteiger partial charge on any atom is -0.380 e. The number of carbonyl (C=O) groups is 1. The molecule has 0 radical (unpaired) electrons. The van der Waals surface area contributed by atoms with Crippen molar-refractivity contribution in [2.75, 3.05) is 10.6 Å². The average molecular weight is 357 g/mol. The molecule has 3 rings (SSSR count). The molecule has 2 aromatic carbocycles. The standard InChI is InChI=1S/C18H19N3O3S/c1-12-11-17(22)21-15-7-4-6-14(18(15)20-12)10-9-13-5-2-3-8-16(13)25(19,23)24/h2-10,12,20H,11H2,1H3,(H,21,22)(H2,19,23,24)/t12-/m0/s1. The highest BCUT2D eigenvalue weighted by atomic mass is 32.2. The molecule has 0 aromatic heterocycles. The van der Waals surface area contributed by atoms with Crippen molar-refractivity contribution in [3.05, 3.63) is 53.6 Å². The monoisotopic (exact) mass is 357 g/mol. The maximum absolute atomic E-state index is 11.9. The summed E-state index contributed by atoms with van der Waals surface area (Å²) < 4.78 is 23.4. The summed E-state index contributed by atoms with van der Waals surface area (Å²) >= 11 is 0. The van der Waals surface area contributed by atoms with E-state index in [1.54, 1.807) is 30.4 Å². The van der Waals surface area contributed by atoms with Crippen molar-refractivity contribution < 1.29 is 13.2 Å². The van der Waals surface area contributed by atoms with E-state index in [0.29, 0.717) is 17.7 Å². The van der Waals surface area contributed by atoms with Crippen molar-refractivity contribution in [1.82, 2.24) is 0 Å². The summed E-state index contributed by atoms with van der Waals surface area (Å²) in [4.78, 5) is 11.9. The predicted octanol–water partition coefficient (Wildman–Crippen LogP) is 2.65. The number of sulfonamides is 1. The summed E-state index contributed by atoms with van der Waals surface area (Å²) in [5.41, 5.74) is 2.87. The van der Waals surface area contributed by atoms with Crippen LogP contribution in [0.25, 0.3) is 12.2 Å². The lowest BCUT2D eigenvalue weighted by Crippen LogP contribution is -2.19. The Morgan fingerprint density at radius 2 is 1.76 bits per heavy atom. The first-order chi connectivity index (χ1) is 11.8. The molecule has 1 amide bonds. The van der Waals surface area contributed by atoms with Gasteiger partial charge in [-0.05, 0) is 30.2 Å². The number of amides is 1. The SMILES string of the molecule is C[C@H]1CC(=O)Nc2cccc(C=Cc3ccccc3S(N)(=O)=O)c2N1. The van der Waals surface area contributed by atoms with Crippen LogP contribution in [0, 0.1) is 0 Å². The maximum Gasteiger partial charge on any atom is 0.238 e. The number of rotatable bonds is 3. The normalized spacial score (nSPS) is 17.5. The Morgan fingerprint density at radius 1 is 1.08 bits per heavy atom. The molecule has 0 bridgehead atoms. The van der Waals surface area contributed by atoms with Crippen molar-refractivity contribution in [2.24, 2.45) is 5.14 Å². The van der Waals surface area contributed by atoms with Crippen LogP contribution < -0.4 is 15.8 Å². The Labute approximate surface area is 146 Å². The first-order valence-electron chi connectivity index (χ1n) is 7.84. The van der Waals surface area contributed by atoms with Crippen LogP contribution in [0.1, 0.15) is 24.5 Å². The molecule has 0 spiro atoms. The molecule has 1 aliphatic heterocycles. The van der Waals surface area contributed by atoms with Gasteiger partial charge in [0.05, 0.1) is 16.3 Å². The number of benzene rings is 2. The van der Waals surface area contributed by atoms with Crippen LogP contribution in [0.3, 0.4) is 0 Å². The van der Waals surface area contributed by atoms with Crippen LogP contribution in [0.4, 0.5) is 11.4 Å². The zero-order valence-corrected chi connectivity index (χ0v) is 14.5. The highest BCUT2D eigenvalue weighted by Crippen LogP contribution is 2.31. The summed E-state index contributed by atoms with van der Waals surface area (Å²) in [5.74, 6) is -0.0422. The van der Waals surface area contributed by atoms with E-state index in [1.165, 1.54) is 6.07 Å². The summed E-state index contributed by atoms with van der Waals surface area (Å²) in [6, 6.07) is 12.1. The second-order valence-corrected chi connectivity index (χ2v) is 7.51. The average Bonchev–Trinajstić information content (AvgIpc) is 2.69. The van der Waals surface area contributed by atoms with Crippen LogP contribution in [0.5, 0.6) is 0 Å². The van der Waals surface area contributed by atoms with Gasteiger partial charge >= 0.3 is 0 Å². The van der Waals surface area contributed by atoms with Crippen molar-refractivity contribution in [1.29, 1.82) is 0 Å². The third kappa shape index (κ3) is 3.89. The zero-order chi connectivity index (χ0) is 18.0. The Balaban J connectivity index is 2.02. The van der Waals surface area contributed by atoms with Gasteiger partial charge in [0.1, 0.15) is 0 Å². The van der Waals surface area contributed by atoms with Gasteiger partial charge in [0.2, 0.25) is 15.9 Å². The van der Waals surface area contributed by atoms with Crippen LogP contribution in [-0.2, 0) is 14.8 Å². The van der Waals surface area contributed by atoms with E-state index in [-0.39, 0.29) is 16.8 Å². The molecule has 6 nitrogen and oxygen atoms in total. The molecule has 1 aliphatic rings. The van der Waals surface area contributed by atoms with Gasteiger partial charge in [-0.2, -0.15) is 0 Å². The van der Waals surface area contributed by atoms with E-state index in [4.69, 9.17) is 5.14 Å². The number of nitrogens with one attached hydrogen (secondary N) is 2. The van der Waals surface area contributed by atoms with E-state index in [9.17, 15) is 13.2 Å². The summed E-state index contributed by atoms with van der Waals surface area (Å²) in [7, 11) is -3.80. The molecular formula is C18H19N3O3S. The summed E-state index contributed by atoms with van der Waals surface area (Å²) in [6.07, 6.45) is 3.89. The number of carbonyl (C=O) groups excluding carboxylic acids is 1. The minimum atomic E-state index is -3.80. The molecule has 0 aliphatic carbocycles. The molecule has 2 aromatic rings. The highest BCUT2D eigenvalue weighted by Gasteiger charge is 2.19. The smallest absolute Gasteiger partial charge is 0.238 e. The molecule has 0 saturated carbocycles. The number of para-hydroxylation sites is 1. The first-order valence-corrected chi connectivity index (χ1v) is 9.38. The van der Waals surface area contributed by atoms with E-state index in [0.717, 1.165) is 11.3 Å². The number of hydrogen-bond acceptors (Lipinski definition) is 4. The number of anilines is 2. The second-order valence-electron chi connectivity index (χ2n) is 5.98. The minimum absolute atomic E-state index is 0.00694. The van der Waals surface area contributed by atoms with Gasteiger partial charge in [-0.1, -0.05) is 42.5 Å². The number of nitrogens with two attached hydrogens (primary N) is 1. The maximum atomic E-state index is 11.9. The van der Waals surface area contributed by atoms with Crippen molar-refractivity contribution in [3.8, 4) is 0 Å². The van der Waals surface area contributed by atoms with Gasteiger partial charge in [0.25, 0.3) is 0 Å². The summed E-state index contributed by atoms with van der Waals surface area (Å²) in [5, 5.41) is 11.5. The van der Waals surface area contributed by atoms with E-state index >= 15 is 0 Å². The van der Waals surface area contributed by atoms with E-state index in [2.05, 4.69) is 10.6 Å². The summed E-state index contributed by atoms with van der Waals surface area (Å²) in [6.45, 7) is 1.94. The van der Waals surface area contributed by atoms with Crippen molar-refractivity contribution in [3.63, 3.8) is 0 Å². The molecule has 0 unspecified atom stereocenters. The van der Waals surface area contributed by atoms with Crippen LogP contribution >= 0.6 is 0 Å². The topological polar surface area (TPSA) is 101 Å². The molecular weight excluding hydrogens is 338 g/mol. The van der Waals surface area contributed by atoms with Crippen molar-refractivity contribution >= 4 is 39.5 Å². The highest BCUT2D eigenvalue weighted by molar-refractivity contribution is 7.89. The molecule has 0 fully saturated rings. The van der Waals surface area contributed by atoms with Gasteiger partial charge in [0.15, 0.2) is 0 Å². The molecule has 25 heavy (non-hydrogen) atoms. The fourth-order valence-electron chi connectivity index (χ4n) is 2.81. The lowest BCUT2D eigenvalue weighted by Gasteiger charge is -2.14. The molecule has 7 heteroatoms. The Morgan fingerprint density at radius 3 is 2.52 bits per heavy atom. The quantitative estimate of drug-likeness (QED) is 0.735. The first kappa shape index (κ1) is 17.2. The third-order valence-electron chi connectivity index (χ3n) is 3.92. The number of primary sulfonamides is 1. The predicted molar refractivity (Wildman–Crippen MR) is 99.5 cm³/mol. The van der Waals surface area contributed by atoms with Crippen molar-refractivity contribution in [2.45, 2.75) is 24.3 Å². The van der Waals surface area contributed by atoms with Crippen LogP contribution in [-0.4, -0.2) is 20.4 Å². The molecule has 4 N–H and O–H groups in total. The molecule has 1 heterocycles. The van der Waals surface area contributed by atoms with E-state index < -0.39 is 10.0 Å². The Kier molecular flexibility index (Phi) is 4.61. The fraction of sp³-hybridized carbons (Fsp3) is 0.167. The fourth-order valence-corrected chi connectivity index (χ4v) is 3.54. The van der Waals surface area contributed by atoms with E-state index in [1.807, 2.05) is 25.1 Å². The number of hydrogen-bond donors (Lipinski definition) is 3. The zero-order valence-electron chi connectivity index (χ0n) is 13.7. The van der Waals surface area contributed by atoms with Gasteiger partial charge < -0.3 is 10.6 Å². The van der Waals surface area contributed by atoms with Crippen LogP contribution in [0.2, 0.25) is 0 Å². The number of fused-ring (bicyclic) bond motifs is 1.